The largest absolute Gasteiger partial charge is 0.366 e. The van der Waals surface area contributed by atoms with E-state index in [2.05, 4.69) is 41.4 Å². The molecule has 0 amide bonds. The Kier molecular flexibility index (Phi) is 5.65. The minimum atomic E-state index is -0.422. The summed E-state index contributed by atoms with van der Waals surface area (Å²) in [5.74, 6) is 0.294. The Balaban J connectivity index is 2.69. The van der Waals surface area contributed by atoms with Crippen molar-refractivity contribution < 1.29 is 4.39 Å². The van der Waals surface area contributed by atoms with E-state index in [1.807, 2.05) is 6.26 Å². The van der Waals surface area contributed by atoms with E-state index >= 15 is 0 Å². The van der Waals surface area contributed by atoms with Crippen molar-refractivity contribution in [1.29, 1.82) is 0 Å². The highest BCUT2D eigenvalue weighted by Crippen LogP contribution is 2.22. The number of hydrogen-bond acceptors (Lipinski definition) is 5. The Morgan fingerprint density at radius 3 is 2.72 bits per heavy atom. The summed E-state index contributed by atoms with van der Waals surface area (Å²) >= 11 is 1.73. The van der Waals surface area contributed by atoms with Crippen molar-refractivity contribution in [2.24, 2.45) is 0 Å². The summed E-state index contributed by atoms with van der Waals surface area (Å²) in [6, 6.07) is 0. The average Bonchev–Trinajstić information content (AvgIpc) is 2.36. The number of nitrogens with zero attached hydrogens (tertiary/aromatic N) is 2. The van der Waals surface area contributed by atoms with Gasteiger partial charge in [-0.05, 0) is 26.5 Å². The number of thioether (sulfide) groups is 1. The van der Waals surface area contributed by atoms with Gasteiger partial charge in [-0.1, -0.05) is 6.92 Å². The van der Waals surface area contributed by atoms with Gasteiger partial charge in [-0.15, -0.1) is 0 Å². The molecule has 0 unspecified atom stereocenters. The molecule has 18 heavy (non-hydrogen) atoms. The van der Waals surface area contributed by atoms with Crippen LogP contribution in [0.3, 0.4) is 0 Å². The Morgan fingerprint density at radius 1 is 1.39 bits per heavy atom. The van der Waals surface area contributed by atoms with Gasteiger partial charge in [-0.25, -0.2) is 9.37 Å². The second kappa shape index (κ2) is 6.78. The Morgan fingerprint density at radius 2 is 2.11 bits per heavy atom. The molecule has 2 N–H and O–H groups in total. The van der Waals surface area contributed by atoms with E-state index in [0.29, 0.717) is 12.5 Å². The number of halogens is 1. The van der Waals surface area contributed by atoms with Gasteiger partial charge in [0.05, 0.1) is 6.20 Å². The maximum absolute atomic E-state index is 13.5. The van der Waals surface area contributed by atoms with Gasteiger partial charge in [-0.3, -0.25) is 0 Å². The predicted octanol–water partition coefficient (Wildman–Crippen LogP) is 2.99. The number of nitrogens with one attached hydrogen (secondary N) is 2. The third kappa shape index (κ3) is 4.68. The maximum atomic E-state index is 13.5. The highest BCUT2D eigenvalue weighted by atomic mass is 32.2. The van der Waals surface area contributed by atoms with Crippen LogP contribution in [-0.2, 0) is 0 Å². The molecule has 0 saturated carbocycles. The zero-order chi connectivity index (χ0) is 13.6. The van der Waals surface area contributed by atoms with Gasteiger partial charge >= 0.3 is 0 Å². The zero-order valence-corrected chi connectivity index (χ0v) is 12.2. The van der Waals surface area contributed by atoms with Gasteiger partial charge in [0.25, 0.3) is 0 Å². The van der Waals surface area contributed by atoms with E-state index in [0.717, 1.165) is 13.0 Å². The molecule has 0 aliphatic rings. The molecule has 0 spiro atoms. The summed E-state index contributed by atoms with van der Waals surface area (Å²) < 4.78 is 13.6. The first-order chi connectivity index (χ1) is 8.48. The standard InChI is InChI=1S/C12H21FN4S/c1-5-6-14-11-15-7-9(13)10(17-11)16-8-12(2,3)18-4/h7H,5-6,8H2,1-4H3,(H2,14,15,16,17). The first-order valence-electron chi connectivity index (χ1n) is 6.04. The average molecular weight is 272 g/mol. The van der Waals surface area contributed by atoms with Crippen LogP contribution in [-0.4, -0.2) is 34.1 Å². The Hall–Kier alpha value is -1.04. The second-order valence-electron chi connectivity index (χ2n) is 4.63. The number of aromatic nitrogens is 2. The van der Waals surface area contributed by atoms with Crippen LogP contribution in [0.15, 0.2) is 6.20 Å². The quantitative estimate of drug-likeness (QED) is 0.799. The molecule has 1 aromatic heterocycles. The van der Waals surface area contributed by atoms with E-state index in [-0.39, 0.29) is 10.6 Å². The smallest absolute Gasteiger partial charge is 0.224 e. The van der Waals surface area contributed by atoms with Gasteiger partial charge in [0.1, 0.15) is 0 Å². The van der Waals surface area contributed by atoms with Crippen molar-refractivity contribution >= 4 is 23.5 Å². The summed E-state index contributed by atoms with van der Waals surface area (Å²) in [5, 5.41) is 6.07. The van der Waals surface area contributed by atoms with Crippen LogP contribution in [0.5, 0.6) is 0 Å². The summed E-state index contributed by atoms with van der Waals surface area (Å²) in [7, 11) is 0. The van der Waals surface area contributed by atoms with Crippen molar-refractivity contribution in [3.05, 3.63) is 12.0 Å². The van der Waals surface area contributed by atoms with E-state index in [1.54, 1.807) is 11.8 Å². The fraction of sp³-hybridized carbons (Fsp3) is 0.667. The highest BCUT2D eigenvalue weighted by Gasteiger charge is 2.17. The van der Waals surface area contributed by atoms with Gasteiger partial charge < -0.3 is 10.6 Å². The van der Waals surface area contributed by atoms with Gasteiger partial charge in [0.15, 0.2) is 11.6 Å². The van der Waals surface area contributed by atoms with Crippen LogP contribution in [0.25, 0.3) is 0 Å². The van der Waals surface area contributed by atoms with E-state index in [9.17, 15) is 4.39 Å². The number of anilines is 2. The Bertz CT molecular complexity index is 384. The van der Waals surface area contributed by atoms with Crippen molar-refractivity contribution in [3.63, 3.8) is 0 Å². The molecule has 0 aliphatic heterocycles. The molecule has 0 aromatic carbocycles. The molecule has 4 nitrogen and oxygen atoms in total. The lowest BCUT2D eigenvalue weighted by molar-refractivity contribution is 0.614. The molecule has 6 heteroatoms. The van der Waals surface area contributed by atoms with Crippen LogP contribution < -0.4 is 10.6 Å². The van der Waals surface area contributed by atoms with Gasteiger partial charge in [-0.2, -0.15) is 16.7 Å². The van der Waals surface area contributed by atoms with Crippen LogP contribution in [0, 0.1) is 5.82 Å². The minimum Gasteiger partial charge on any atom is -0.366 e. The number of hydrogen-bond donors (Lipinski definition) is 2. The lowest BCUT2D eigenvalue weighted by atomic mass is 10.2. The van der Waals surface area contributed by atoms with E-state index < -0.39 is 5.82 Å². The molecule has 0 atom stereocenters. The van der Waals surface area contributed by atoms with Crippen molar-refractivity contribution in [2.75, 3.05) is 30.0 Å². The van der Waals surface area contributed by atoms with Crippen LogP contribution in [0.4, 0.5) is 16.2 Å². The molecule has 102 valence electrons. The molecule has 0 radical (unpaired) electrons. The monoisotopic (exact) mass is 272 g/mol. The first kappa shape index (κ1) is 15.0. The SMILES string of the molecule is CCCNc1ncc(F)c(NCC(C)(C)SC)n1. The summed E-state index contributed by atoms with van der Waals surface area (Å²) in [6.45, 7) is 7.67. The molecule has 0 saturated heterocycles. The van der Waals surface area contributed by atoms with Crippen molar-refractivity contribution in [2.45, 2.75) is 31.9 Å². The topological polar surface area (TPSA) is 49.8 Å². The number of rotatable bonds is 7. The molecular weight excluding hydrogens is 251 g/mol. The molecular formula is C12H21FN4S. The third-order valence-corrected chi connectivity index (χ3v) is 3.76. The second-order valence-corrected chi connectivity index (χ2v) is 6.15. The highest BCUT2D eigenvalue weighted by molar-refractivity contribution is 7.99. The molecule has 0 aliphatic carbocycles. The normalized spacial score (nSPS) is 11.4. The third-order valence-electron chi connectivity index (χ3n) is 2.51. The van der Waals surface area contributed by atoms with Gasteiger partial charge in [0.2, 0.25) is 5.95 Å². The lowest BCUT2D eigenvalue weighted by Gasteiger charge is -2.22. The molecule has 0 fully saturated rings. The van der Waals surface area contributed by atoms with E-state index in [1.165, 1.54) is 6.20 Å². The van der Waals surface area contributed by atoms with Crippen LogP contribution >= 0.6 is 11.8 Å². The van der Waals surface area contributed by atoms with Gasteiger partial charge in [0, 0.05) is 17.8 Å². The minimum absolute atomic E-state index is 0.0361. The lowest BCUT2D eigenvalue weighted by Crippen LogP contribution is -2.26. The fourth-order valence-electron chi connectivity index (χ4n) is 1.18. The summed E-state index contributed by atoms with van der Waals surface area (Å²) in [5.41, 5.74) is 0. The van der Waals surface area contributed by atoms with Crippen LogP contribution in [0.2, 0.25) is 0 Å². The van der Waals surface area contributed by atoms with Crippen molar-refractivity contribution in [3.8, 4) is 0 Å². The summed E-state index contributed by atoms with van der Waals surface area (Å²) in [6.07, 6.45) is 4.20. The Labute approximate surface area is 112 Å². The fourth-order valence-corrected chi connectivity index (χ4v) is 1.40. The zero-order valence-electron chi connectivity index (χ0n) is 11.4. The predicted molar refractivity (Wildman–Crippen MR) is 76.9 cm³/mol. The molecule has 1 heterocycles. The molecule has 0 bridgehead atoms. The summed E-state index contributed by atoms with van der Waals surface area (Å²) in [4.78, 5) is 8.03. The first-order valence-corrected chi connectivity index (χ1v) is 7.26. The van der Waals surface area contributed by atoms with Crippen LogP contribution in [0.1, 0.15) is 27.2 Å². The molecule has 1 rings (SSSR count). The van der Waals surface area contributed by atoms with E-state index in [4.69, 9.17) is 0 Å². The van der Waals surface area contributed by atoms with Crippen molar-refractivity contribution in [1.82, 2.24) is 9.97 Å². The molecule has 1 aromatic rings. The maximum Gasteiger partial charge on any atom is 0.224 e.